The zero-order valence-electron chi connectivity index (χ0n) is 14.3. The summed E-state index contributed by atoms with van der Waals surface area (Å²) in [6, 6.07) is 14.8. The van der Waals surface area contributed by atoms with Crippen molar-refractivity contribution in [3.8, 4) is 11.5 Å². The van der Waals surface area contributed by atoms with Gasteiger partial charge in [-0.15, -0.1) is 0 Å². The monoisotopic (exact) mass is 338 g/mol. The molecule has 0 atom stereocenters. The van der Waals surface area contributed by atoms with Gasteiger partial charge in [-0.2, -0.15) is 0 Å². The molecule has 1 aliphatic rings. The number of benzene rings is 2. The lowest BCUT2D eigenvalue weighted by Crippen LogP contribution is -2.48. The van der Waals surface area contributed by atoms with Crippen LogP contribution >= 0.6 is 0 Å². The molecule has 1 fully saturated rings. The predicted molar refractivity (Wildman–Crippen MR) is 98.9 cm³/mol. The SMILES string of the molecule is COc1ccccc1/C=C/C(=O)N1CCN(c2ccc(O)cc2)CC1. The number of phenolic OH excluding ortho intramolecular Hbond substituents is 1. The zero-order chi connectivity index (χ0) is 17.6. The quantitative estimate of drug-likeness (QED) is 0.871. The van der Waals surface area contributed by atoms with E-state index in [1.54, 1.807) is 31.4 Å². The fourth-order valence-electron chi connectivity index (χ4n) is 2.92. The largest absolute Gasteiger partial charge is 0.508 e. The first-order valence-corrected chi connectivity index (χ1v) is 8.31. The topological polar surface area (TPSA) is 53.0 Å². The van der Waals surface area contributed by atoms with Crippen molar-refractivity contribution in [3.63, 3.8) is 0 Å². The third-order valence-corrected chi connectivity index (χ3v) is 4.35. The molecule has 1 saturated heterocycles. The van der Waals surface area contributed by atoms with Gasteiger partial charge in [0.25, 0.3) is 0 Å². The fourth-order valence-corrected chi connectivity index (χ4v) is 2.92. The summed E-state index contributed by atoms with van der Waals surface area (Å²) in [7, 11) is 1.62. The third-order valence-electron chi connectivity index (χ3n) is 4.35. The number of anilines is 1. The maximum atomic E-state index is 12.4. The number of methoxy groups -OCH3 is 1. The van der Waals surface area contributed by atoms with Crippen molar-refractivity contribution in [2.75, 3.05) is 38.2 Å². The summed E-state index contributed by atoms with van der Waals surface area (Å²) in [4.78, 5) is 16.5. The summed E-state index contributed by atoms with van der Waals surface area (Å²) in [5.74, 6) is 1.03. The normalized spacial score (nSPS) is 14.8. The van der Waals surface area contributed by atoms with Gasteiger partial charge in [0.1, 0.15) is 11.5 Å². The molecule has 1 N–H and O–H groups in total. The van der Waals surface area contributed by atoms with Gasteiger partial charge in [0, 0.05) is 43.5 Å². The first kappa shape index (κ1) is 16.9. The molecule has 0 unspecified atom stereocenters. The molecule has 2 aromatic carbocycles. The Labute approximate surface area is 147 Å². The molecule has 5 heteroatoms. The van der Waals surface area contributed by atoms with E-state index < -0.39 is 0 Å². The first-order chi connectivity index (χ1) is 12.2. The molecule has 2 aromatic rings. The number of nitrogens with zero attached hydrogens (tertiary/aromatic N) is 2. The van der Waals surface area contributed by atoms with Crippen LogP contribution in [0.25, 0.3) is 6.08 Å². The highest BCUT2D eigenvalue weighted by Crippen LogP contribution is 2.21. The van der Waals surface area contributed by atoms with Crippen molar-refractivity contribution in [2.24, 2.45) is 0 Å². The maximum Gasteiger partial charge on any atom is 0.246 e. The number of amides is 1. The minimum Gasteiger partial charge on any atom is -0.508 e. The summed E-state index contributed by atoms with van der Waals surface area (Å²) in [6.07, 6.45) is 3.40. The number of hydrogen-bond acceptors (Lipinski definition) is 4. The predicted octanol–water partition coefficient (Wildman–Crippen LogP) is 2.76. The number of phenols is 1. The van der Waals surface area contributed by atoms with E-state index in [2.05, 4.69) is 4.90 Å². The molecule has 0 aliphatic carbocycles. The Morgan fingerprint density at radius 3 is 2.40 bits per heavy atom. The highest BCUT2D eigenvalue weighted by Gasteiger charge is 2.19. The van der Waals surface area contributed by atoms with Crippen molar-refractivity contribution in [1.82, 2.24) is 4.90 Å². The van der Waals surface area contributed by atoms with Crippen LogP contribution in [0.4, 0.5) is 5.69 Å². The molecule has 1 heterocycles. The minimum absolute atomic E-state index is 0.0104. The molecule has 5 nitrogen and oxygen atoms in total. The van der Waals surface area contributed by atoms with Crippen LogP contribution in [0.5, 0.6) is 11.5 Å². The lowest BCUT2D eigenvalue weighted by atomic mass is 10.2. The van der Waals surface area contributed by atoms with E-state index in [9.17, 15) is 9.90 Å². The van der Waals surface area contributed by atoms with Gasteiger partial charge in [0.15, 0.2) is 0 Å². The zero-order valence-corrected chi connectivity index (χ0v) is 14.3. The van der Waals surface area contributed by atoms with E-state index in [1.807, 2.05) is 41.3 Å². The average Bonchev–Trinajstić information content (AvgIpc) is 2.67. The molecule has 3 rings (SSSR count). The maximum absolute atomic E-state index is 12.4. The van der Waals surface area contributed by atoms with Gasteiger partial charge in [-0.1, -0.05) is 18.2 Å². The molecule has 1 amide bonds. The van der Waals surface area contributed by atoms with Gasteiger partial charge >= 0.3 is 0 Å². The second kappa shape index (κ2) is 7.75. The lowest BCUT2D eigenvalue weighted by molar-refractivity contribution is -0.126. The summed E-state index contributed by atoms with van der Waals surface area (Å²) >= 11 is 0. The highest BCUT2D eigenvalue weighted by molar-refractivity contribution is 5.92. The Morgan fingerprint density at radius 1 is 1.04 bits per heavy atom. The number of ether oxygens (including phenoxy) is 1. The van der Waals surface area contributed by atoms with E-state index >= 15 is 0 Å². The molecular weight excluding hydrogens is 316 g/mol. The van der Waals surface area contributed by atoms with Crippen LogP contribution in [0.3, 0.4) is 0 Å². The Bertz CT molecular complexity index is 748. The van der Waals surface area contributed by atoms with Crippen LogP contribution in [0, 0.1) is 0 Å². The minimum atomic E-state index is 0.0104. The number of para-hydroxylation sites is 1. The summed E-state index contributed by atoms with van der Waals surface area (Å²) in [5, 5.41) is 9.37. The Balaban J connectivity index is 1.58. The van der Waals surface area contributed by atoms with Crippen LogP contribution in [0.2, 0.25) is 0 Å². The van der Waals surface area contributed by atoms with E-state index in [1.165, 1.54) is 0 Å². The van der Waals surface area contributed by atoms with Gasteiger partial charge in [0.2, 0.25) is 5.91 Å². The number of rotatable bonds is 4. The van der Waals surface area contributed by atoms with Crippen molar-refractivity contribution >= 4 is 17.7 Å². The van der Waals surface area contributed by atoms with Crippen LogP contribution < -0.4 is 9.64 Å². The summed E-state index contributed by atoms with van der Waals surface area (Å²) in [5.41, 5.74) is 1.95. The fraction of sp³-hybridized carbons (Fsp3) is 0.250. The molecule has 0 saturated carbocycles. The summed E-state index contributed by atoms with van der Waals surface area (Å²) < 4.78 is 5.29. The number of piperazine rings is 1. The van der Waals surface area contributed by atoms with E-state index in [0.29, 0.717) is 13.1 Å². The molecule has 0 aromatic heterocycles. The standard InChI is InChI=1S/C20H22N2O3/c1-25-19-5-3-2-4-16(19)6-11-20(24)22-14-12-21(13-15-22)17-7-9-18(23)10-8-17/h2-11,23H,12-15H2,1H3/b11-6+. The third kappa shape index (κ3) is 4.12. The molecule has 0 bridgehead atoms. The van der Waals surface area contributed by atoms with Gasteiger partial charge in [-0.3, -0.25) is 4.79 Å². The van der Waals surface area contributed by atoms with Crippen LogP contribution in [-0.4, -0.2) is 49.2 Å². The molecule has 130 valence electrons. The van der Waals surface area contributed by atoms with Gasteiger partial charge in [0.05, 0.1) is 7.11 Å². The molecular formula is C20H22N2O3. The van der Waals surface area contributed by atoms with E-state index in [-0.39, 0.29) is 11.7 Å². The Morgan fingerprint density at radius 2 is 1.72 bits per heavy atom. The Hall–Kier alpha value is -2.95. The van der Waals surface area contributed by atoms with E-state index in [4.69, 9.17) is 4.74 Å². The number of carbonyl (C=O) groups is 1. The smallest absolute Gasteiger partial charge is 0.246 e. The van der Waals surface area contributed by atoms with Crippen molar-refractivity contribution in [2.45, 2.75) is 0 Å². The van der Waals surface area contributed by atoms with Gasteiger partial charge < -0.3 is 19.6 Å². The number of hydrogen-bond donors (Lipinski definition) is 1. The van der Waals surface area contributed by atoms with Crippen LogP contribution in [-0.2, 0) is 4.79 Å². The Kier molecular flexibility index (Phi) is 5.23. The number of carbonyl (C=O) groups excluding carboxylic acids is 1. The summed E-state index contributed by atoms with van der Waals surface area (Å²) in [6.45, 7) is 2.91. The van der Waals surface area contributed by atoms with Crippen molar-refractivity contribution in [1.29, 1.82) is 0 Å². The first-order valence-electron chi connectivity index (χ1n) is 8.31. The molecule has 0 radical (unpaired) electrons. The van der Waals surface area contributed by atoms with Crippen LogP contribution in [0.15, 0.2) is 54.6 Å². The average molecular weight is 338 g/mol. The molecule has 0 spiro atoms. The second-order valence-corrected chi connectivity index (χ2v) is 5.90. The van der Waals surface area contributed by atoms with Crippen LogP contribution in [0.1, 0.15) is 5.56 Å². The van der Waals surface area contributed by atoms with Gasteiger partial charge in [-0.05, 0) is 36.4 Å². The van der Waals surface area contributed by atoms with Gasteiger partial charge in [-0.25, -0.2) is 0 Å². The molecule has 25 heavy (non-hydrogen) atoms. The van der Waals surface area contributed by atoms with Crippen molar-refractivity contribution < 1.29 is 14.6 Å². The highest BCUT2D eigenvalue weighted by atomic mass is 16.5. The van der Waals surface area contributed by atoms with E-state index in [0.717, 1.165) is 30.1 Å². The number of aromatic hydroxyl groups is 1. The lowest BCUT2D eigenvalue weighted by Gasteiger charge is -2.35. The second-order valence-electron chi connectivity index (χ2n) is 5.90. The van der Waals surface area contributed by atoms with Crippen molar-refractivity contribution in [3.05, 3.63) is 60.2 Å². The molecule has 1 aliphatic heterocycles.